The van der Waals surface area contributed by atoms with E-state index in [9.17, 15) is 9.90 Å². The first-order valence-corrected chi connectivity index (χ1v) is 7.84. The molecule has 22 heavy (non-hydrogen) atoms. The van der Waals surface area contributed by atoms with Gasteiger partial charge in [0.05, 0.1) is 0 Å². The average molecular weight is 296 g/mol. The van der Waals surface area contributed by atoms with E-state index in [4.69, 9.17) is 4.74 Å². The second-order valence-electron chi connectivity index (χ2n) is 5.81. The minimum Gasteiger partial charge on any atom is -0.507 e. The molecule has 1 N–H and O–H groups in total. The molecule has 1 aliphatic rings. The van der Waals surface area contributed by atoms with Gasteiger partial charge in [0.25, 0.3) is 0 Å². The van der Waals surface area contributed by atoms with Crippen LogP contribution in [-0.2, 0) is 0 Å². The van der Waals surface area contributed by atoms with Crippen molar-refractivity contribution in [2.75, 3.05) is 0 Å². The zero-order valence-electron chi connectivity index (χ0n) is 12.5. The molecular weight excluding hydrogens is 276 g/mol. The summed E-state index contributed by atoms with van der Waals surface area (Å²) < 4.78 is 5.32. The molecule has 0 heterocycles. The van der Waals surface area contributed by atoms with Crippen LogP contribution in [0.25, 0.3) is 0 Å². The molecule has 2 aromatic carbocycles. The second-order valence-corrected chi connectivity index (χ2v) is 5.81. The van der Waals surface area contributed by atoms with E-state index >= 15 is 0 Å². The molecule has 0 aliphatic heterocycles. The lowest BCUT2D eigenvalue weighted by Gasteiger charge is -2.22. The molecule has 114 valence electrons. The van der Waals surface area contributed by atoms with Crippen molar-refractivity contribution < 1.29 is 14.6 Å². The molecule has 1 fully saturated rings. The van der Waals surface area contributed by atoms with E-state index in [-0.39, 0.29) is 11.3 Å². The molecule has 3 heteroatoms. The van der Waals surface area contributed by atoms with Gasteiger partial charge in [-0.25, -0.2) is 4.79 Å². The number of aromatic hydroxyl groups is 1. The Bertz CT molecular complexity index is 640. The Balaban J connectivity index is 1.68. The monoisotopic (exact) mass is 296 g/mol. The minimum absolute atomic E-state index is 0.0636. The van der Waals surface area contributed by atoms with Crippen molar-refractivity contribution in [1.82, 2.24) is 0 Å². The van der Waals surface area contributed by atoms with Crippen molar-refractivity contribution in [3.8, 4) is 11.5 Å². The van der Waals surface area contributed by atoms with Crippen molar-refractivity contribution in [1.29, 1.82) is 0 Å². The summed E-state index contributed by atoms with van der Waals surface area (Å²) in [7, 11) is 0. The van der Waals surface area contributed by atoms with Crippen molar-refractivity contribution in [2.24, 2.45) is 0 Å². The Morgan fingerprint density at radius 2 is 1.64 bits per heavy atom. The van der Waals surface area contributed by atoms with E-state index in [2.05, 4.69) is 0 Å². The predicted molar refractivity (Wildman–Crippen MR) is 85.3 cm³/mol. The van der Waals surface area contributed by atoms with Gasteiger partial charge in [-0.15, -0.1) is 0 Å². The minimum atomic E-state index is -0.538. The van der Waals surface area contributed by atoms with Gasteiger partial charge in [-0.2, -0.15) is 0 Å². The van der Waals surface area contributed by atoms with Crippen LogP contribution in [0.5, 0.6) is 11.5 Å². The first kappa shape index (κ1) is 14.6. The molecule has 0 atom stereocenters. The third-order valence-corrected chi connectivity index (χ3v) is 4.29. The maximum Gasteiger partial charge on any atom is 0.347 e. The first-order chi connectivity index (χ1) is 10.7. The molecule has 1 saturated carbocycles. The van der Waals surface area contributed by atoms with E-state index in [0.717, 1.165) is 0 Å². The van der Waals surface area contributed by atoms with Gasteiger partial charge in [0.2, 0.25) is 0 Å². The lowest BCUT2D eigenvalue weighted by Crippen LogP contribution is -2.09. The summed E-state index contributed by atoms with van der Waals surface area (Å²) in [5, 5.41) is 9.67. The zero-order chi connectivity index (χ0) is 15.4. The SMILES string of the molecule is O=C(Oc1ccc(C2CCCCC2)cc1)c1ccccc1O. The number of rotatable bonds is 3. The number of phenols is 1. The topological polar surface area (TPSA) is 46.5 Å². The Morgan fingerprint density at radius 3 is 2.32 bits per heavy atom. The highest BCUT2D eigenvalue weighted by Crippen LogP contribution is 2.33. The number of carbonyl (C=O) groups excluding carboxylic acids is 1. The van der Waals surface area contributed by atoms with Crippen LogP contribution in [0.1, 0.15) is 53.9 Å². The van der Waals surface area contributed by atoms with Gasteiger partial charge < -0.3 is 9.84 Å². The molecule has 0 amide bonds. The van der Waals surface area contributed by atoms with Crippen molar-refractivity contribution in [2.45, 2.75) is 38.0 Å². The Hall–Kier alpha value is -2.29. The number of benzene rings is 2. The van der Waals surface area contributed by atoms with Crippen LogP contribution < -0.4 is 4.74 Å². The molecule has 0 saturated heterocycles. The van der Waals surface area contributed by atoms with Crippen LogP contribution >= 0.6 is 0 Å². The van der Waals surface area contributed by atoms with E-state index in [1.165, 1.54) is 43.7 Å². The maximum atomic E-state index is 12.0. The van der Waals surface area contributed by atoms with Gasteiger partial charge >= 0.3 is 5.97 Å². The van der Waals surface area contributed by atoms with Crippen LogP contribution in [0.2, 0.25) is 0 Å². The highest BCUT2D eigenvalue weighted by molar-refractivity contribution is 5.93. The number of ether oxygens (including phenoxy) is 1. The molecule has 3 rings (SSSR count). The van der Waals surface area contributed by atoms with Gasteiger partial charge in [-0.1, -0.05) is 43.5 Å². The zero-order valence-corrected chi connectivity index (χ0v) is 12.5. The van der Waals surface area contributed by atoms with Gasteiger partial charge in [-0.05, 0) is 48.6 Å². The molecule has 3 nitrogen and oxygen atoms in total. The van der Waals surface area contributed by atoms with Crippen molar-refractivity contribution in [3.05, 3.63) is 59.7 Å². The Kier molecular flexibility index (Phi) is 4.42. The summed E-state index contributed by atoms with van der Waals surface area (Å²) in [5.41, 5.74) is 1.50. The Labute approximate surface area is 130 Å². The Morgan fingerprint density at radius 1 is 0.955 bits per heavy atom. The smallest absolute Gasteiger partial charge is 0.347 e. The second kappa shape index (κ2) is 6.65. The maximum absolute atomic E-state index is 12.0. The molecule has 0 radical (unpaired) electrons. The highest BCUT2D eigenvalue weighted by atomic mass is 16.5. The fourth-order valence-electron chi connectivity index (χ4n) is 3.05. The molecule has 0 bridgehead atoms. The van der Waals surface area contributed by atoms with Crippen molar-refractivity contribution in [3.63, 3.8) is 0 Å². The van der Waals surface area contributed by atoms with Crippen LogP contribution in [0.3, 0.4) is 0 Å². The normalized spacial score (nSPS) is 15.5. The number of carbonyl (C=O) groups is 1. The lowest BCUT2D eigenvalue weighted by molar-refractivity contribution is 0.0731. The van der Waals surface area contributed by atoms with Crippen LogP contribution in [0.4, 0.5) is 0 Å². The van der Waals surface area contributed by atoms with E-state index in [1.807, 2.05) is 24.3 Å². The number of esters is 1. The third-order valence-electron chi connectivity index (χ3n) is 4.29. The average Bonchev–Trinajstić information content (AvgIpc) is 2.57. The van der Waals surface area contributed by atoms with Crippen LogP contribution in [0, 0.1) is 0 Å². The predicted octanol–water partition coefficient (Wildman–Crippen LogP) is 4.66. The molecular formula is C19H20O3. The summed E-state index contributed by atoms with van der Waals surface area (Å²) in [6, 6.07) is 14.2. The number of phenolic OH excluding ortho intramolecular Hbond substituents is 1. The van der Waals surface area contributed by atoms with Gasteiger partial charge in [0, 0.05) is 0 Å². The molecule has 0 unspecified atom stereocenters. The summed E-state index contributed by atoms with van der Waals surface area (Å²) in [5.74, 6) is 0.541. The van der Waals surface area contributed by atoms with E-state index in [1.54, 1.807) is 18.2 Å². The lowest BCUT2D eigenvalue weighted by atomic mass is 9.84. The summed E-state index contributed by atoms with van der Waals surface area (Å²) >= 11 is 0. The number of hydrogen-bond acceptors (Lipinski definition) is 3. The van der Waals surface area contributed by atoms with Crippen LogP contribution in [0.15, 0.2) is 48.5 Å². The summed E-state index contributed by atoms with van der Waals surface area (Å²) in [6.07, 6.45) is 6.43. The van der Waals surface area contributed by atoms with Gasteiger partial charge in [0.15, 0.2) is 0 Å². The fourth-order valence-corrected chi connectivity index (χ4v) is 3.05. The van der Waals surface area contributed by atoms with Gasteiger partial charge in [-0.3, -0.25) is 0 Å². The first-order valence-electron chi connectivity index (χ1n) is 7.84. The van der Waals surface area contributed by atoms with E-state index in [0.29, 0.717) is 11.7 Å². The highest BCUT2D eigenvalue weighted by Gasteiger charge is 2.16. The molecule has 2 aromatic rings. The van der Waals surface area contributed by atoms with Crippen LogP contribution in [-0.4, -0.2) is 11.1 Å². The summed E-state index contributed by atoms with van der Waals surface area (Å²) in [4.78, 5) is 12.0. The number of para-hydroxylation sites is 1. The quantitative estimate of drug-likeness (QED) is 0.662. The van der Waals surface area contributed by atoms with E-state index < -0.39 is 5.97 Å². The summed E-state index contributed by atoms with van der Waals surface area (Å²) in [6.45, 7) is 0. The largest absolute Gasteiger partial charge is 0.507 e. The molecule has 0 spiro atoms. The third kappa shape index (κ3) is 3.30. The molecule has 1 aliphatic carbocycles. The number of hydrogen-bond donors (Lipinski definition) is 1. The van der Waals surface area contributed by atoms with Crippen molar-refractivity contribution >= 4 is 5.97 Å². The standard InChI is InChI=1S/C19H20O3/c20-18-9-5-4-8-17(18)19(21)22-16-12-10-15(11-13-16)14-6-2-1-3-7-14/h4-5,8-14,20H,1-3,6-7H2. The fraction of sp³-hybridized carbons (Fsp3) is 0.316. The van der Waals surface area contributed by atoms with Gasteiger partial charge in [0.1, 0.15) is 17.1 Å². The molecule has 0 aromatic heterocycles.